The van der Waals surface area contributed by atoms with Gasteiger partial charge in [0.05, 0.1) is 35.9 Å². The van der Waals surface area contributed by atoms with Crippen LogP contribution in [0.15, 0.2) is 71.8 Å². The van der Waals surface area contributed by atoms with Crippen LogP contribution in [0, 0.1) is 22.7 Å². The summed E-state index contributed by atoms with van der Waals surface area (Å²) in [4.78, 5) is 41.2. The Kier molecular flexibility index (Phi) is 8.50. The number of hydrogen-bond acceptors (Lipinski definition) is 10. The van der Waals surface area contributed by atoms with Crippen LogP contribution < -0.4 is 5.32 Å². The minimum Gasteiger partial charge on any atom is -0.456 e. The van der Waals surface area contributed by atoms with E-state index in [0.717, 1.165) is 0 Å². The smallest absolute Gasteiger partial charge is 0.338 e. The van der Waals surface area contributed by atoms with Gasteiger partial charge in [0, 0.05) is 29.7 Å². The van der Waals surface area contributed by atoms with Crippen LogP contribution in [-0.4, -0.2) is 91.5 Å². The maximum absolute atomic E-state index is 14.3. The zero-order valence-corrected chi connectivity index (χ0v) is 27.8. The number of nitrogens with one attached hydrogen (secondary N) is 1. The van der Waals surface area contributed by atoms with Gasteiger partial charge in [-0.2, -0.15) is 0 Å². The van der Waals surface area contributed by atoms with Gasteiger partial charge in [0.1, 0.15) is 17.8 Å². The SMILES string of the molecule is CC1=C2[C@@H](O)C(=O)[C@@]3(C)[C@H]([C@H](C)[C@](O)(C[C@@H]1OC(=O)[C@H](O)[C@@H](NC(=O)c1ccccc1)c1ccccc1)C2(C)C)[C@]1(O)CO[C@@H]1C[C@@H]3O. The number of amides is 1. The summed E-state index contributed by atoms with van der Waals surface area (Å²) in [5.41, 5.74) is -4.94. The fraction of sp³-hybridized carbons (Fsp3) is 0.541. The van der Waals surface area contributed by atoms with Crippen molar-refractivity contribution in [2.45, 2.75) is 95.2 Å². The fourth-order valence-electron chi connectivity index (χ4n) is 9.28. The van der Waals surface area contributed by atoms with E-state index >= 15 is 0 Å². The van der Waals surface area contributed by atoms with Gasteiger partial charge in [-0.3, -0.25) is 9.59 Å². The number of carbonyl (C=O) groups is 3. The number of fused-ring (bicyclic) bond motifs is 5. The molecule has 3 fully saturated rings. The van der Waals surface area contributed by atoms with Gasteiger partial charge >= 0.3 is 5.97 Å². The third-order valence-corrected chi connectivity index (χ3v) is 12.2. The Morgan fingerprint density at radius 3 is 2.19 bits per heavy atom. The maximum Gasteiger partial charge on any atom is 0.338 e. The third-order valence-electron chi connectivity index (χ3n) is 12.2. The second-order valence-corrected chi connectivity index (χ2v) is 14.8. The quantitative estimate of drug-likeness (QED) is 0.198. The average molecular weight is 664 g/mol. The van der Waals surface area contributed by atoms with E-state index in [0.29, 0.717) is 16.7 Å². The number of rotatable bonds is 6. The summed E-state index contributed by atoms with van der Waals surface area (Å²) in [6.07, 6.45) is -7.06. The summed E-state index contributed by atoms with van der Waals surface area (Å²) in [7, 11) is 0. The van der Waals surface area contributed by atoms with Gasteiger partial charge in [-0.05, 0) is 48.6 Å². The van der Waals surface area contributed by atoms with E-state index in [2.05, 4.69) is 5.32 Å². The molecule has 2 saturated carbocycles. The second-order valence-electron chi connectivity index (χ2n) is 14.8. The van der Waals surface area contributed by atoms with Crippen molar-refractivity contribution in [2.75, 3.05) is 6.61 Å². The number of Topliss-reactive ketones (excluding diaryl/α,β-unsaturated/α-hetero) is 1. The van der Waals surface area contributed by atoms with E-state index in [1.807, 2.05) is 0 Å². The van der Waals surface area contributed by atoms with E-state index in [-0.39, 0.29) is 25.0 Å². The number of ether oxygens (including phenoxy) is 2. The van der Waals surface area contributed by atoms with Gasteiger partial charge in [-0.25, -0.2) is 4.79 Å². The predicted molar refractivity (Wildman–Crippen MR) is 172 cm³/mol. The summed E-state index contributed by atoms with van der Waals surface area (Å²) in [5, 5.41) is 62.0. The molecule has 3 aliphatic carbocycles. The molecule has 1 heterocycles. The zero-order valence-electron chi connectivity index (χ0n) is 27.8. The molecule has 6 rings (SSSR count). The third kappa shape index (κ3) is 4.89. The highest BCUT2D eigenvalue weighted by atomic mass is 16.6. The van der Waals surface area contributed by atoms with Gasteiger partial charge in [0.25, 0.3) is 5.91 Å². The van der Waals surface area contributed by atoms with Gasteiger partial charge in [0.2, 0.25) is 0 Å². The summed E-state index contributed by atoms with van der Waals surface area (Å²) >= 11 is 0. The standard InChI is InChI=1S/C37H45NO10/c1-19-23(48-33(44)29(41)27(21-12-8-6-9-13-21)38-32(43)22-14-10-7-11-15-22)17-37(46)20(2)30-35(5,24(39)16-25-36(30,45)18-47-25)31(42)28(40)26(19)34(37,3)4/h6-15,20,23-25,27-30,39-41,45-46H,16-18H2,1-5H3,(H,38,43)/t20-,23-,24-,25+,27-,28+,29+,30-,35+,36-,37+/m0/s1. The molecular weight excluding hydrogens is 618 g/mol. The lowest BCUT2D eigenvalue weighted by molar-refractivity contribution is -0.335. The van der Waals surface area contributed by atoms with Crippen molar-refractivity contribution in [3.63, 3.8) is 0 Å². The first-order chi connectivity index (χ1) is 22.5. The number of carbonyl (C=O) groups excluding carboxylic acids is 3. The van der Waals surface area contributed by atoms with Crippen molar-refractivity contribution >= 4 is 17.7 Å². The Bertz CT molecular complexity index is 1630. The van der Waals surface area contributed by atoms with Crippen LogP contribution in [0.2, 0.25) is 0 Å². The summed E-state index contributed by atoms with van der Waals surface area (Å²) < 4.78 is 11.5. The second kappa shape index (κ2) is 11.9. The van der Waals surface area contributed by atoms with Gasteiger partial charge in [0.15, 0.2) is 11.9 Å². The molecule has 6 N–H and O–H groups in total. The predicted octanol–water partition coefficient (Wildman–Crippen LogP) is 2.00. The highest BCUT2D eigenvalue weighted by Crippen LogP contribution is 2.64. The molecule has 1 amide bonds. The van der Waals surface area contributed by atoms with E-state index in [4.69, 9.17) is 9.47 Å². The molecular formula is C37H45NO10. The molecule has 1 aliphatic heterocycles. The van der Waals surface area contributed by atoms with Crippen LogP contribution in [0.3, 0.4) is 0 Å². The molecule has 2 aromatic carbocycles. The molecule has 11 atom stereocenters. The van der Waals surface area contributed by atoms with Crippen molar-refractivity contribution < 1.29 is 49.4 Å². The Labute approximate surface area is 279 Å². The average Bonchev–Trinajstić information content (AvgIpc) is 3.06. The largest absolute Gasteiger partial charge is 0.456 e. The summed E-state index contributed by atoms with van der Waals surface area (Å²) in [5.74, 6) is -4.18. The minimum atomic E-state index is -1.87. The Hall–Kier alpha value is -3.45. The summed E-state index contributed by atoms with van der Waals surface area (Å²) in [6, 6.07) is 15.6. The number of aliphatic hydroxyl groups excluding tert-OH is 3. The Morgan fingerprint density at radius 1 is 1.00 bits per heavy atom. The van der Waals surface area contributed by atoms with Crippen LogP contribution in [0.25, 0.3) is 0 Å². The number of ketones is 1. The van der Waals surface area contributed by atoms with Crippen LogP contribution in [0.5, 0.6) is 0 Å². The van der Waals surface area contributed by atoms with Crippen molar-refractivity contribution in [3.8, 4) is 0 Å². The first-order valence-electron chi connectivity index (χ1n) is 16.5. The van der Waals surface area contributed by atoms with E-state index in [1.165, 1.54) is 6.92 Å². The van der Waals surface area contributed by atoms with Gasteiger partial charge < -0.3 is 40.3 Å². The molecule has 2 aromatic rings. The monoisotopic (exact) mass is 663 g/mol. The molecule has 2 bridgehead atoms. The van der Waals surface area contributed by atoms with E-state index < -0.39 is 88.1 Å². The van der Waals surface area contributed by atoms with E-state index in [9.17, 15) is 39.9 Å². The molecule has 11 heteroatoms. The highest BCUT2D eigenvalue weighted by molar-refractivity contribution is 5.95. The maximum atomic E-state index is 14.3. The normalized spacial score (nSPS) is 38.2. The first kappa shape index (κ1) is 34.4. The molecule has 0 aromatic heterocycles. The minimum absolute atomic E-state index is 0.00392. The highest BCUT2D eigenvalue weighted by Gasteiger charge is 2.74. The molecule has 258 valence electrons. The molecule has 0 spiro atoms. The zero-order chi connectivity index (χ0) is 35.0. The number of benzene rings is 2. The lowest BCUT2D eigenvalue weighted by Gasteiger charge is -2.67. The van der Waals surface area contributed by atoms with E-state index in [1.54, 1.807) is 88.4 Å². The Balaban J connectivity index is 1.37. The Morgan fingerprint density at radius 2 is 1.60 bits per heavy atom. The van der Waals surface area contributed by atoms with Crippen molar-refractivity contribution in [1.82, 2.24) is 5.32 Å². The molecule has 1 saturated heterocycles. The lowest BCUT2D eigenvalue weighted by atomic mass is 9.43. The van der Waals surface area contributed by atoms with Gasteiger partial charge in [-0.15, -0.1) is 0 Å². The molecule has 4 aliphatic rings. The number of aliphatic hydroxyl groups is 5. The van der Waals surface area contributed by atoms with Crippen molar-refractivity contribution in [1.29, 1.82) is 0 Å². The molecule has 48 heavy (non-hydrogen) atoms. The van der Waals surface area contributed by atoms with Crippen LogP contribution in [-0.2, 0) is 19.1 Å². The lowest BCUT2D eigenvalue weighted by Crippen LogP contribution is -2.78. The van der Waals surface area contributed by atoms with Crippen LogP contribution >= 0.6 is 0 Å². The van der Waals surface area contributed by atoms with Crippen LogP contribution in [0.1, 0.15) is 69.4 Å². The number of esters is 1. The first-order valence-corrected chi connectivity index (χ1v) is 16.5. The van der Waals surface area contributed by atoms with Crippen molar-refractivity contribution in [2.24, 2.45) is 22.7 Å². The van der Waals surface area contributed by atoms with Crippen LogP contribution in [0.4, 0.5) is 0 Å². The van der Waals surface area contributed by atoms with Crippen molar-refractivity contribution in [3.05, 3.63) is 82.9 Å². The van der Waals surface area contributed by atoms with Gasteiger partial charge in [-0.1, -0.05) is 69.3 Å². The fourth-order valence-corrected chi connectivity index (χ4v) is 9.28. The topological polar surface area (TPSA) is 183 Å². The number of hydrogen-bond donors (Lipinski definition) is 6. The molecule has 0 unspecified atom stereocenters. The summed E-state index contributed by atoms with van der Waals surface area (Å²) in [6.45, 7) is 8.16. The molecule has 0 radical (unpaired) electrons. The molecule has 11 nitrogen and oxygen atoms in total.